The van der Waals surface area contributed by atoms with Gasteiger partial charge in [-0.3, -0.25) is 19.6 Å². The highest BCUT2D eigenvalue weighted by Crippen LogP contribution is 2.24. The standard InChI is InChI=1S/C23H19N3O5S/c1-17-9-14-21(16-22(17)26(28)29)32(30,31)25-20-12-10-19(11-13-20)23(27)24-15-5-8-18-6-3-2-4-7-18/h2-4,6-7,9-14,16,25H,15H2,1H3,(H,24,27). The Balaban J connectivity index is 1.64. The highest BCUT2D eigenvalue weighted by Gasteiger charge is 2.20. The van der Waals surface area contributed by atoms with E-state index in [0.29, 0.717) is 11.1 Å². The van der Waals surface area contributed by atoms with Gasteiger partial charge in [0.25, 0.3) is 21.6 Å². The molecule has 0 saturated carbocycles. The van der Waals surface area contributed by atoms with E-state index in [-0.39, 0.29) is 28.7 Å². The van der Waals surface area contributed by atoms with Gasteiger partial charge in [0.05, 0.1) is 16.4 Å². The van der Waals surface area contributed by atoms with Crippen LogP contribution in [0.15, 0.2) is 77.7 Å². The molecule has 0 spiro atoms. The normalized spacial score (nSPS) is 10.5. The number of carbonyl (C=O) groups excluding carboxylic acids is 1. The van der Waals surface area contributed by atoms with E-state index in [1.54, 1.807) is 0 Å². The molecule has 3 aromatic carbocycles. The van der Waals surface area contributed by atoms with Crippen molar-refractivity contribution in [3.8, 4) is 11.8 Å². The average Bonchev–Trinajstić information content (AvgIpc) is 2.77. The minimum absolute atomic E-state index is 0.161. The number of aryl methyl sites for hydroxylation is 1. The molecular formula is C23H19N3O5S. The summed E-state index contributed by atoms with van der Waals surface area (Å²) in [5.41, 5.74) is 1.47. The number of hydrogen-bond donors (Lipinski definition) is 2. The molecule has 8 nitrogen and oxygen atoms in total. The SMILES string of the molecule is Cc1ccc(S(=O)(=O)Nc2ccc(C(=O)NCC#Cc3ccccc3)cc2)cc1[N+](=O)[O-]. The zero-order valence-electron chi connectivity index (χ0n) is 17.0. The predicted octanol–water partition coefficient (Wildman–Crippen LogP) is 3.49. The Morgan fingerprint density at radius 3 is 2.38 bits per heavy atom. The van der Waals surface area contributed by atoms with Gasteiger partial charge in [-0.05, 0) is 49.4 Å². The van der Waals surface area contributed by atoms with E-state index < -0.39 is 14.9 Å². The van der Waals surface area contributed by atoms with Crippen LogP contribution in [0.4, 0.5) is 11.4 Å². The van der Waals surface area contributed by atoms with E-state index >= 15 is 0 Å². The van der Waals surface area contributed by atoms with E-state index in [9.17, 15) is 23.3 Å². The quantitative estimate of drug-likeness (QED) is 0.339. The molecule has 0 aromatic heterocycles. The van der Waals surface area contributed by atoms with Crippen molar-refractivity contribution in [1.29, 1.82) is 0 Å². The fourth-order valence-corrected chi connectivity index (χ4v) is 3.83. The van der Waals surface area contributed by atoms with E-state index in [1.807, 2.05) is 30.3 Å². The predicted molar refractivity (Wildman–Crippen MR) is 121 cm³/mol. The highest BCUT2D eigenvalue weighted by atomic mass is 32.2. The molecule has 0 bridgehead atoms. The molecule has 32 heavy (non-hydrogen) atoms. The maximum absolute atomic E-state index is 12.6. The monoisotopic (exact) mass is 449 g/mol. The molecule has 0 saturated heterocycles. The van der Waals surface area contributed by atoms with Crippen LogP contribution >= 0.6 is 0 Å². The van der Waals surface area contributed by atoms with E-state index in [1.165, 1.54) is 43.3 Å². The number of nitro groups is 1. The fourth-order valence-electron chi connectivity index (χ4n) is 2.75. The van der Waals surface area contributed by atoms with Crippen molar-refractivity contribution in [3.63, 3.8) is 0 Å². The van der Waals surface area contributed by atoms with Crippen LogP contribution in [0.1, 0.15) is 21.5 Å². The Morgan fingerprint density at radius 1 is 1.03 bits per heavy atom. The second-order valence-electron chi connectivity index (χ2n) is 6.74. The number of benzene rings is 3. The molecule has 0 radical (unpaired) electrons. The molecule has 3 rings (SSSR count). The number of amides is 1. The van der Waals surface area contributed by atoms with Gasteiger partial charge >= 0.3 is 0 Å². The summed E-state index contributed by atoms with van der Waals surface area (Å²) in [5.74, 6) is 5.44. The Bertz CT molecular complexity index is 1310. The van der Waals surface area contributed by atoms with E-state index in [0.717, 1.165) is 11.6 Å². The van der Waals surface area contributed by atoms with E-state index in [2.05, 4.69) is 21.9 Å². The number of carbonyl (C=O) groups is 1. The van der Waals surface area contributed by atoms with Crippen molar-refractivity contribution in [3.05, 3.63) is 99.6 Å². The number of hydrogen-bond acceptors (Lipinski definition) is 5. The first kappa shape index (κ1) is 22.5. The van der Waals surface area contributed by atoms with Crippen molar-refractivity contribution >= 4 is 27.3 Å². The van der Waals surface area contributed by atoms with Gasteiger partial charge in [0.1, 0.15) is 0 Å². The lowest BCUT2D eigenvalue weighted by molar-refractivity contribution is -0.385. The smallest absolute Gasteiger partial charge is 0.273 e. The summed E-state index contributed by atoms with van der Waals surface area (Å²) in [6.45, 7) is 1.69. The minimum Gasteiger partial charge on any atom is -0.341 e. The number of nitro benzene ring substituents is 1. The molecule has 0 heterocycles. The van der Waals surface area contributed by atoms with Crippen LogP contribution in [0.2, 0.25) is 0 Å². The third-order valence-corrected chi connectivity index (χ3v) is 5.81. The molecule has 0 aliphatic heterocycles. The average molecular weight is 449 g/mol. The zero-order chi connectivity index (χ0) is 23.1. The summed E-state index contributed by atoms with van der Waals surface area (Å²) in [6, 6.07) is 18.9. The van der Waals surface area contributed by atoms with Crippen LogP contribution in [0.25, 0.3) is 0 Å². The maximum Gasteiger partial charge on any atom is 0.273 e. The Labute approximate surface area is 185 Å². The summed E-state index contributed by atoms with van der Waals surface area (Å²) in [7, 11) is -4.04. The lowest BCUT2D eigenvalue weighted by atomic mass is 10.2. The van der Waals surface area contributed by atoms with Crippen LogP contribution < -0.4 is 10.0 Å². The van der Waals surface area contributed by atoms with Crippen LogP contribution in [-0.2, 0) is 10.0 Å². The number of nitrogens with zero attached hydrogens (tertiary/aromatic N) is 1. The number of rotatable bonds is 6. The molecule has 0 fully saturated rings. The zero-order valence-corrected chi connectivity index (χ0v) is 17.8. The van der Waals surface area contributed by atoms with Gasteiger partial charge in [0.2, 0.25) is 0 Å². The second-order valence-corrected chi connectivity index (χ2v) is 8.42. The van der Waals surface area contributed by atoms with Crippen molar-refractivity contribution in [2.75, 3.05) is 11.3 Å². The first-order valence-corrected chi connectivity index (χ1v) is 10.9. The summed E-state index contributed by atoms with van der Waals surface area (Å²) in [4.78, 5) is 22.4. The van der Waals surface area contributed by atoms with Gasteiger partial charge in [-0.2, -0.15) is 0 Å². The van der Waals surface area contributed by atoms with Crippen molar-refractivity contribution < 1.29 is 18.1 Å². The molecule has 0 aliphatic rings. The van der Waals surface area contributed by atoms with Gasteiger partial charge in [-0.1, -0.05) is 36.1 Å². The molecule has 162 valence electrons. The highest BCUT2D eigenvalue weighted by molar-refractivity contribution is 7.92. The van der Waals surface area contributed by atoms with Crippen molar-refractivity contribution in [2.24, 2.45) is 0 Å². The van der Waals surface area contributed by atoms with Gasteiger partial charge in [0.15, 0.2) is 0 Å². The van der Waals surface area contributed by atoms with Gasteiger partial charge in [-0.15, -0.1) is 0 Å². The molecule has 0 atom stereocenters. The van der Waals surface area contributed by atoms with Crippen LogP contribution in [0, 0.1) is 28.9 Å². The first-order valence-electron chi connectivity index (χ1n) is 9.46. The number of nitrogens with one attached hydrogen (secondary N) is 2. The summed E-state index contributed by atoms with van der Waals surface area (Å²) < 4.78 is 27.5. The topological polar surface area (TPSA) is 118 Å². The fraction of sp³-hybridized carbons (Fsp3) is 0.0870. The molecule has 0 aliphatic carbocycles. The molecular weight excluding hydrogens is 430 g/mol. The molecule has 3 aromatic rings. The molecule has 0 unspecified atom stereocenters. The summed E-state index contributed by atoms with van der Waals surface area (Å²) in [5, 5.41) is 13.7. The Hall–Kier alpha value is -4.16. The lowest BCUT2D eigenvalue weighted by Crippen LogP contribution is -2.23. The van der Waals surface area contributed by atoms with Crippen molar-refractivity contribution in [2.45, 2.75) is 11.8 Å². The third-order valence-electron chi connectivity index (χ3n) is 4.43. The maximum atomic E-state index is 12.6. The molecule has 2 N–H and O–H groups in total. The second kappa shape index (κ2) is 9.76. The van der Waals surface area contributed by atoms with Crippen LogP contribution in [0.3, 0.4) is 0 Å². The summed E-state index contributed by atoms with van der Waals surface area (Å²) >= 11 is 0. The van der Waals surface area contributed by atoms with Gasteiger partial charge in [0, 0.05) is 28.4 Å². The first-order chi connectivity index (χ1) is 15.3. The van der Waals surface area contributed by atoms with Gasteiger partial charge < -0.3 is 5.32 Å². The molecule has 1 amide bonds. The number of anilines is 1. The van der Waals surface area contributed by atoms with Crippen LogP contribution in [-0.4, -0.2) is 25.8 Å². The Kier molecular flexibility index (Phi) is 6.87. The van der Waals surface area contributed by atoms with Gasteiger partial charge in [-0.25, -0.2) is 8.42 Å². The molecule has 9 heteroatoms. The largest absolute Gasteiger partial charge is 0.341 e. The van der Waals surface area contributed by atoms with E-state index in [4.69, 9.17) is 0 Å². The van der Waals surface area contributed by atoms with Crippen LogP contribution in [0.5, 0.6) is 0 Å². The summed E-state index contributed by atoms with van der Waals surface area (Å²) in [6.07, 6.45) is 0. The Morgan fingerprint density at radius 2 is 1.72 bits per heavy atom. The van der Waals surface area contributed by atoms with Crippen molar-refractivity contribution in [1.82, 2.24) is 5.32 Å². The third kappa shape index (κ3) is 5.71. The number of sulfonamides is 1. The lowest BCUT2D eigenvalue weighted by Gasteiger charge is -2.09. The minimum atomic E-state index is -4.04.